The number of phenols is 1. The average Bonchev–Trinajstić information content (AvgIpc) is 2.68. The molecule has 0 radical (unpaired) electrons. The molecule has 0 atom stereocenters. The van der Waals surface area contributed by atoms with Crippen molar-refractivity contribution < 1.29 is 9.90 Å². The lowest BCUT2D eigenvalue weighted by Crippen LogP contribution is -2.23. The van der Waals surface area contributed by atoms with Gasteiger partial charge in [-0.2, -0.15) is 0 Å². The van der Waals surface area contributed by atoms with Crippen LogP contribution in [0.2, 0.25) is 0 Å². The monoisotopic (exact) mass is 317 g/mol. The minimum Gasteiger partial charge on any atom is -0.507 e. The van der Waals surface area contributed by atoms with E-state index < -0.39 is 0 Å². The first-order valence-electron chi connectivity index (χ1n) is 6.00. The molecule has 3 nitrogen and oxygen atoms in total. The van der Waals surface area contributed by atoms with Gasteiger partial charge in [-0.15, -0.1) is 0 Å². The minimum atomic E-state index is -0.104. The van der Waals surface area contributed by atoms with Crippen LogP contribution < -0.4 is 0 Å². The van der Waals surface area contributed by atoms with Gasteiger partial charge in [0.2, 0.25) is 0 Å². The van der Waals surface area contributed by atoms with Crippen LogP contribution in [0.3, 0.4) is 0 Å². The molecule has 1 aliphatic rings. The molecule has 2 aromatic carbocycles. The van der Waals surface area contributed by atoms with Crippen molar-refractivity contribution in [3.8, 4) is 5.75 Å². The van der Waals surface area contributed by atoms with Crippen molar-refractivity contribution in [2.24, 2.45) is 0 Å². The van der Waals surface area contributed by atoms with Crippen LogP contribution in [-0.2, 0) is 13.1 Å². The van der Waals surface area contributed by atoms with Crippen LogP contribution >= 0.6 is 15.9 Å². The van der Waals surface area contributed by atoms with Crippen LogP contribution in [0.1, 0.15) is 21.5 Å². The molecule has 2 aromatic rings. The molecule has 3 rings (SSSR count). The number of carbonyl (C=O) groups is 1. The zero-order valence-corrected chi connectivity index (χ0v) is 11.7. The predicted molar refractivity (Wildman–Crippen MR) is 75.8 cm³/mol. The van der Waals surface area contributed by atoms with Crippen molar-refractivity contribution in [1.82, 2.24) is 4.90 Å². The van der Waals surface area contributed by atoms with Gasteiger partial charge in [0.15, 0.2) is 0 Å². The van der Waals surface area contributed by atoms with Gasteiger partial charge >= 0.3 is 0 Å². The Labute approximate surface area is 119 Å². The maximum atomic E-state index is 12.3. The van der Waals surface area contributed by atoms with Gasteiger partial charge in [-0.25, -0.2) is 0 Å². The highest BCUT2D eigenvalue weighted by Crippen LogP contribution is 2.31. The smallest absolute Gasteiger partial charge is 0.258 e. The predicted octanol–water partition coefficient (Wildman–Crippen LogP) is 3.31. The lowest BCUT2D eigenvalue weighted by molar-refractivity contribution is 0.0764. The highest BCUT2D eigenvalue weighted by atomic mass is 79.9. The standard InChI is InChI=1S/C15H12BrNO2/c16-12-5-1-3-10(7-12)8-17-9-11-4-2-6-13(18)14(11)15(17)19/h1-7,18H,8-9H2. The Balaban J connectivity index is 1.87. The molecule has 19 heavy (non-hydrogen) atoms. The van der Waals surface area contributed by atoms with E-state index in [1.165, 1.54) is 0 Å². The lowest BCUT2D eigenvalue weighted by Gasteiger charge is -2.15. The van der Waals surface area contributed by atoms with E-state index in [-0.39, 0.29) is 11.7 Å². The number of carbonyl (C=O) groups excluding carboxylic acids is 1. The van der Waals surface area contributed by atoms with Gasteiger partial charge in [0.25, 0.3) is 5.91 Å². The van der Waals surface area contributed by atoms with Crippen LogP contribution in [0.4, 0.5) is 0 Å². The molecule has 0 spiro atoms. The quantitative estimate of drug-likeness (QED) is 0.923. The molecular formula is C15H12BrNO2. The summed E-state index contributed by atoms with van der Waals surface area (Å²) in [5, 5.41) is 9.77. The highest BCUT2D eigenvalue weighted by molar-refractivity contribution is 9.10. The number of nitrogens with zero attached hydrogens (tertiary/aromatic N) is 1. The number of hydrogen-bond donors (Lipinski definition) is 1. The number of rotatable bonds is 2. The van der Waals surface area contributed by atoms with Gasteiger partial charge in [-0.3, -0.25) is 4.79 Å². The number of aromatic hydroxyl groups is 1. The van der Waals surface area contributed by atoms with E-state index in [4.69, 9.17) is 0 Å². The zero-order chi connectivity index (χ0) is 13.4. The molecule has 1 N–H and O–H groups in total. The van der Waals surface area contributed by atoms with Crippen LogP contribution in [0, 0.1) is 0 Å². The van der Waals surface area contributed by atoms with Crippen LogP contribution in [0.5, 0.6) is 5.75 Å². The summed E-state index contributed by atoms with van der Waals surface area (Å²) >= 11 is 3.42. The SMILES string of the molecule is O=C1c2c(O)cccc2CN1Cc1cccc(Br)c1. The molecule has 1 aliphatic heterocycles. The summed E-state index contributed by atoms with van der Waals surface area (Å²) in [5.41, 5.74) is 2.40. The maximum Gasteiger partial charge on any atom is 0.258 e. The zero-order valence-electron chi connectivity index (χ0n) is 10.1. The van der Waals surface area contributed by atoms with Crippen molar-refractivity contribution in [3.63, 3.8) is 0 Å². The van der Waals surface area contributed by atoms with Gasteiger partial charge in [0.05, 0.1) is 5.56 Å². The molecule has 0 fully saturated rings. The first-order chi connectivity index (χ1) is 9.15. The molecule has 0 aromatic heterocycles. The van der Waals surface area contributed by atoms with Crippen molar-refractivity contribution in [2.45, 2.75) is 13.1 Å². The first-order valence-corrected chi connectivity index (χ1v) is 6.79. The molecule has 4 heteroatoms. The molecule has 0 saturated heterocycles. The lowest BCUT2D eigenvalue weighted by atomic mass is 10.1. The van der Waals surface area contributed by atoms with E-state index >= 15 is 0 Å². The van der Waals surface area contributed by atoms with Crippen LogP contribution in [0.25, 0.3) is 0 Å². The second-order valence-corrected chi connectivity index (χ2v) is 5.52. The number of fused-ring (bicyclic) bond motifs is 1. The minimum absolute atomic E-state index is 0.0687. The van der Waals surface area contributed by atoms with Gasteiger partial charge < -0.3 is 10.0 Å². The molecule has 96 valence electrons. The van der Waals surface area contributed by atoms with Crippen molar-refractivity contribution in [3.05, 3.63) is 63.6 Å². The van der Waals surface area contributed by atoms with Gasteiger partial charge in [-0.1, -0.05) is 40.2 Å². The summed E-state index contributed by atoms with van der Waals surface area (Å²) in [6.07, 6.45) is 0. The summed E-state index contributed by atoms with van der Waals surface area (Å²) in [6.45, 7) is 1.10. The van der Waals surface area contributed by atoms with Crippen LogP contribution in [0.15, 0.2) is 46.9 Å². The summed E-state index contributed by atoms with van der Waals surface area (Å²) < 4.78 is 0.997. The third-order valence-electron chi connectivity index (χ3n) is 3.25. The van der Waals surface area contributed by atoms with E-state index in [0.29, 0.717) is 18.7 Å². The number of amides is 1. The van der Waals surface area contributed by atoms with Crippen molar-refractivity contribution in [2.75, 3.05) is 0 Å². The maximum absolute atomic E-state index is 12.3. The average molecular weight is 318 g/mol. The molecule has 1 amide bonds. The van der Waals surface area contributed by atoms with E-state index in [9.17, 15) is 9.90 Å². The third kappa shape index (κ3) is 2.24. The van der Waals surface area contributed by atoms with Crippen molar-refractivity contribution in [1.29, 1.82) is 0 Å². The number of phenolic OH excluding ortho intramolecular Hbond substituents is 1. The van der Waals surface area contributed by atoms with Crippen LogP contribution in [-0.4, -0.2) is 15.9 Å². The van der Waals surface area contributed by atoms with E-state index in [1.807, 2.05) is 30.3 Å². The Morgan fingerprint density at radius 3 is 2.74 bits per heavy atom. The van der Waals surface area contributed by atoms with E-state index in [2.05, 4.69) is 15.9 Å². The van der Waals surface area contributed by atoms with Gasteiger partial charge in [0.1, 0.15) is 5.75 Å². The summed E-state index contributed by atoms with van der Waals surface area (Å²) in [6, 6.07) is 13.1. The first kappa shape index (κ1) is 12.2. The Kier molecular flexibility index (Phi) is 3.03. The van der Waals surface area contributed by atoms with Gasteiger partial charge in [0, 0.05) is 17.6 Å². The molecule has 0 saturated carbocycles. The molecular weight excluding hydrogens is 306 g/mol. The largest absolute Gasteiger partial charge is 0.507 e. The molecule has 0 aliphatic carbocycles. The van der Waals surface area contributed by atoms with E-state index in [0.717, 1.165) is 15.6 Å². The Hall–Kier alpha value is -1.81. The molecule has 1 heterocycles. The normalized spacial score (nSPS) is 13.7. The number of benzene rings is 2. The summed E-state index contributed by atoms with van der Waals surface area (Å²) in [7, 11) is 0. The fourth-order valence-corrected chi connectivity index (χ4v) is 2.83. The third-order valence-corrected chi connectivity index (χ3v) is 3.75. The number of halogens is 1. The fraction of sp³-hybridized carbons (Fsp3) is 0.133. The Morgan fingerprint density at radius 1 is 1.21 bits per heavy atom. The summed E-state index contributed by atoms with van der Waals surface area (Å²) in [5.74, 6) is -0.0349. The molecule has 0 bridgehead atoms. The number of hydrogen-bond acceptors (Lipinski definition) is 2. The second-order valence-electron chi connectivity index (χ2n) is 4.60. The topological polar surface area (TPSA) is 40.5 Å². The Bertz CT molecular complexity index is 654. The van der Waals surface area contributed by atoms with Gasteiger partial charge in [-0.05, 0) is 29.3 Å². The summed E-state index contributed by atoms with van der Waals surface area (Å²) in [4.78, 5) is 14.0. The van der Waals surface area contributed by atoms with E-state index in [1.54, 1.807) is 17.0 Å². The second kappa shape index (κ2) is 4.70. The molecule has 0 unspecified atom stereocenters. The van der Waals surface area contributed by atoms with Crippen molar-refractivity contribution >= 4 is 21.8 Å². The fourth-order valence-electron chi connectivity index (χ4n) is 2.38. The Morgan fingerprint density at radius 2 is 2.00 bits per heavy atom. The highest BCUT2D eigenvalue weighted by Gasteiger charge is 2.29.